The van der Waals surface area contributed by atoms with E-state index in [1.54, 1.807) is 6.08 Å². The first-order valence-electron chi connectivity index (χ1n) is 7.74. The highest BCUT2D eigenvalue weighted by atomic mass is 32.2. The van der Waals surface area contributed by atoms with E-state index in [1.807, 2.05) is 43.3 Å². The van der Waals surface area contributed by atoms with Crippen LogP contribution in [0.3, 0.4) is 0 Å². The number of thiocarbonyl (C=S) groups is 1. The lowest BCUT2D eigenvalue weighted by atomic mass is 10.2. The molecule has 2 rings (SSSR count). The molecule has 1 unspecified atom stereocenters. The molecule has 7 nitrogen and oxygen atoms in total. The quantitative estimate of drug-likeness (QED) is 0.560. The summed E-state index contributed by atoms with van der Waals surface area (Å²) >= 11 is 6.29. The molecule has 2 N–H and O–H groups in total. The van der Waals surface area contributed by atoms with Crippen LogP contribution in [0.2, 0.25) is 0 Å². The Morgan fingerprint density at radius 2 is 1.96 bits per heavy atom. The molecule has 0 spiro atoms. The lowest BCUT2D eigenvalue weighted by Crippen LogP contribution is -2.45. The van der Waals surface area contributed by atoms with Crippen LogP contribution in [0.25, 0.3) is 6.08 Å². The van der Waals surface area contributed by atoms with Crippen LogP contribution in [-0.4, -0.2) is 58.8 Å². The number of hydrogen-bond acceptors (Lipinski definition) is 6. The van der Waals surface area contributed by atoms with E-state index in [-0.39, 0.29) is 16.8 Å². The van der Waals surface area contributed by atoms with Crippen molar-refractivity contribution >= 4 is 57.8 Å². The molecule has 1 aromatic rings. The zero-order chi connectivity index (χ0) is 19.4. The molecule has 0 bridgehead atoms. The minimum Gasteiger partial charge on any atom is -0.480 e. The Labute approximate surface area is 161 Å². The van der Waals surface area contributed by atoms with Crippen LogP contribution >= 0.6 is 24.0 Å². The monoisotopic (exact) mass is 393 g/mol. The fourth-order valence-corrected chi connectivity index (χ4v) is 3.40. The number of hydrogen-bond donors (Lipinski definition) is 2. The molecule has 0 radical (unpaired) electrons. The minimum atomic E-state index is -1.15. The minimum absolute atomic E-state index is 0.268. The van der Waals surface area contributed by atoms with E-state index >= 15 is 0 Å². The summed E-state index contributed by atoms with van der Waals surface area (Å²) in [6.45, 7) is 1.04. The molecule has 1 fully saturated rings. The number of carboxylic acid groups (broad SMARTS) is 1. The van der Waals surface area contributed by atoms with Crippen molar-refractivity contribution in [3.8, 4) is 0 Å². The predicted octanol–water partition coefficient (Wildman–Crippen LogP) is 1.54. The molecule has 1 aromatic carbocycles. The summed E-state index contributed by atoms with van der Waals surface area (Å²) in [7, 11) is 3.88. The van der Waals surface area contributed by atoms with Crippen LogP contribution in [-0.2, 0) is 14.4 Å². The molecule has 138 valence electrons. The summed E-state index contributed by atoms with van der Waals surface area (Å²) in [6.07, 6.45) is 1.72. The van der Waals surface area contributed by atoms with Gasteiger partial charge in [0.25, 0.3) is 5.91 Å². The van der Waals surface area contributed by atoms with Crippen LogP contribution in [0.1, 0.15) is 12.5 Å². The van der Waals surface area contributed by atoms with Gasteiger partial charge in [0.2, 0.25) is 5.91 Å². The first-order chi connectivity index (χ1) is 12.2. The molecule has 9 heteroatoms. The largest absolute Gasteiger partial charge is 0.480 e. The Kier molecular flexibility index (Phi) is 6.38. The second-order valence-corrected chi connectivity index (χ2v) is 7.56. The lowest BCUT2D eigenvalue weighted by Gasteiger charge is -2.15. The van der Waals surface area contributed by atoms with Gasteiger partial charge in [0, 0.05) is 19.8 Å². The van der Waals surface area contributed by atoms with E-state index in [9.17, 15) is 14.4 Å². The first kappa shape index (κ1) is 19.9. The van der Waals surface area contributed by atoms with Crippen LogP contribution in [0.15, 0.2) is 29.2 Å². The number of benzene rings is 1. The number of carbonyl (C=O) groups excluding carboxylic acids is 2. The molecular formula is C17H19N3O4S2. The normalized spacial score (nSPS) is 16.7. The zero-order valence-electron chi connectivity index (χ0n) is 14.6. The topological polar surface area (TPSA) is 90.0 Å². The maximum absolute atomic E-state index is 12.5. The van der Waals surface area contributed by atoms with Crippen molar-refractivity contribution in [2.75, 3.05) is 25.5 Å². The van der Waals surface area contributed by atoms with Gasteiger partial charge in [-0.3, -0.25) is 19.3 Å². The molecule has 0 aromatic heterocycles. The number of aliphatic carboxylic acids is 1. The van der Waals surface area contributed by atoms with Crippen molar-refractivity contribution < 1.29 is 19.5 Å². The third kappa shape index (κ3) is 4.83. The number of rotatable bonds is 6. The number of anilines is 1. The van der Waals surface area contributed by atoms with E-state index in [4.69, 9.17) is 17.3 Å². The summed E-state index contributed by atoms with van der Waals surface area (Å²) in [5.74, 6) is -2.09. The van der Waals surface area contributed by atoms with Crippen molar-refractivity contribution in [1.82, 2.24) is 10.2 Å². The van der Waals surface area contributed by atoms with Gasteiger partial charge in [-0.25, -0.2) is 0 Å². The molecule has 26 heavy (non-hydrogen) atoms. The van der Waals surface area contributed by atoms with Gasteiger partial charge in [-0.1, -0.05) is 36.1 Å². The average molecular weight is 393 g/mol. The van der Waals surface area contributed by atoms with Crippen molar-refractivity contribution in [2.45, 2.75) is 13.0 Å². The summed E-state index contributed by atoms with van der Waals surface area (Å²) in [5, 5.41) is 11.1. The van der Waals surface area contributed by atoms with E-state index < -0.39 is 17.9 Å². The Bertz CT molecular complexity index is 775. The number of nitrogens with one attached hydrogen (secondary N) is 1. The van der Waals surface area contributed by atoms with Crippen molar-refractivity contribution in [1.29, 1.82) is 0 Å². The van der Waals surface area contributed by atoms with Crippen LogP contribution < -0.4 is 10.2 Å². The lowest BCUT2D eigenvalue weighted by molar-refractivity contribution is -0.141. The van der Waals surface area contributed by atoms with Crippen molar-refractivity contribution in [3.05, 3.63) is 34.7 Å². The SMILES string of the molecule is CC(NC(=O)CN1C(=O)C(=Cc2ccc(N(C)C)cc2)SC1=S)C(=O)O. The fraction of sp³-hybridized carbons (Fsp3) is 0.294. The number of carboxylic acids is 1. The van der Waals surface area contributed by atoms with Crippen LogP contribution in [0.5, 0.6) is 0 Å². The van der Waals surface area contributed by atoms with Gasteiger partial charge in [-0.15, -0.1) is 0 Å². The Hall–Kier alpha value is -2.39. The number of carbonyl (C=O) groups is 3. The fourth-order valence-electron chi connectivity index (χ4n) is 2.15. The number of amides is 2. The average Bonchev–Trinajstić information content (AvgIpc) is 2.82. The first-order valence-corrected chi connectivity index (χ1v) is 8.96. The maximum atomic E-state index is 12.5. The third-order valence-corrected chi connectivity index (χ3v) is 5.01. The maximum Gasteiger partial charge on any atom is 0.325 e. The van der Waals surface area contributed by atoms with Crippen LogP contribution in [0.4, 0.5) is 5.69 Å². The second kappa shape index (κ2) is 8.33. The Morgan fingerprint density at radius 1 is 1.35 bits per heavy atom. The molecular weight excluding hydrogens is 374 g/mol. The van der Waals surface area contributed by atoms with E-state index in [2.05, 4.69) is 5.32 Å². The van der Waals surface area contributed by atoms with Gasteiger partial charge in [0.1, 0.15) is 16.9 Å². The molecule has 1 aliphatic rings. The summed E-state index contributed by atoms with van der Waals surface area (Å²) in [6, 6.07) is 6.62. The molecule has 1 saturated heterocycles. The molecule has 1 atom stereocenters. The highest BCUT2D eigenvalue weighted by Gasteiger charge is 2.33. The standard InChI is InChI=1S/C17H19N3O4S2/c1-10(16(23)24)18-14(21)9-20-15(22)13(26-17(20)25)8-11-4-6-12(7-5-11)19(2)3/h4-8,10H,9H2,1-3H3,(H,18,21)(H,23,24). The van der Waals surface area contributed by atoms with Gasteiger partial charge in [0.05, 0.1) is 4.91 Å². The number of thioether (sulfide) groups is 1. The molecule has 0 aliphatic carbocycles. The van der Waals surface area contributed by atoms with Crippen LogP contribution in [0, 0.1) is 0 Å². The summed E-state index contributed by atoms with van der Waals surface area (Å²) in [5.41, 5.74) is 1.89. The molecule has 1 heterocycles. The summed E-state index contributed by atoms with van der Waals surface area (Å²) < 4.78 is 0.268. The van der Waals surface area contributed by atoms with Crippen molar-refractivity contribution in [2.24, 2.45) is 0 Å². The highest BCUT2D eigenvalue weighted by Crippen LogP contribution is 2.32. The highest BCUT2D eigenvalue weighted by molar-refractivity contribution is 8.26. The van der Waals surface area contributed by atoms with Gasteiger partial charge in [0.15, 0.2) is 0 Å². The number of nitrogens with zero attached hydrogens (tertiary/aromatic N) is 2. The Balaban J connectivity index is 2.08. The van der Waals surface area contributed by atoms with Gasteiger partial charge >= 0.3 is 5.97 Å². The molecule has 1 aliphatic heterocycles. The zero-order valence-corrected chi connectivity index (χ0v) is 16.2. The van der Waals surface area contributed by atoms with E-state index in [0.717, 1.165) is 23.0 Å². The van der Waals surface area contributed by atoms with Gasteiger partial charge in [-0.2, -0.15) is 0 Å². The molecule has 0 saturated carbocycles. The van der Waals surface area contributed by atoms with Gasteiger partial charge < -0.3 is 15.3 Å². The third-order valence-electron chi connectivity index (χ3n) is 3.63. The molecule has 2 amide bonds. The van der Waals surface area contributed by atoms with E-state index in [1.165, 1.54) is 11.8 Å². The Morgan fingerprint density at radius 3 is 2.50 bits per heavy atom. The smallest absolute Gasteiger partial charge is 0.325 e. The van der Waals surface area contributed by atoms with Gasteiger partial charge in [-0.05, 0) is 30.7 Å². The van der Waals surface area contributed by atoms with E-state index in [0.29, 0.717) is 4.91 Å². The summed E-state index contributed by atoms with van der Waals surface area (Å²) in [4.78, 5) is 38.8. The second-order valence-electron chi connectivity index (χ2n) is 5.88. The predicted molar refractivity (Wildman–Crippen MR) is 106 cm³/mol. The van der Waals surface area contributed by atoms with Crippen molar-refractivity contribution in [3.63, 3.8) is 0 Å².